The van der Waals surface area contributed by atoms with Crippen LogP contribution in [0.5, 0.6) is 11.5 Å². The van der Waals surface area contributed by atoms with Crippen LogP contribution in [0.2, 0.25) is 10.0 Å². The molecule has 1 aromatic carbocycles. The maximum Gasteiger partial charge on any atom is 0.342 e. The number of rotatable bonds is 15. The molecular formula is C57H80Cl2O32. The van der Waals surface area contributed by atoms with E-state index in [0.29, 0.717) is 0 Å². The van der Waals surface area contributed by atoms with E-state index >= 15 is 0 Å². The van der Waals surface area contributed by atoms with Gasteiger partial charge in [0.2, 0.25) is 6.29 Å². The minimum atomic E-state index is -2.13. The number of esters is 2. The van der Waals surface area contributed by atoms with Crippen LogP contribution in [0.15, 0.2) is 0 Å². The zero-order valence-corrected chi connectivity index (χ0v) is 53.0. The molecule has 2 spiro atoms. The molecule has 10 saturated heterocycles. The number of phenols is 2. The molecule has 514 valence electrons. The van der Waals surface area contributed by atoms with E-state index in [4.69, 9.17) is 123 Å². The second kappa shape index (κ2) is 26.4. The summed E-state index contributed by atoms with van der Waals surface area (Å²) in [6.07, 6.45) is -34.8. The number of methoxy groups -OCH3 is 2. The molecule has 0 bridgehead atoms. The zero-order chi connectivity index (χ0) is 65.9. The smallest absolute Gasteiger partial charge is 0.342 e. The summed E-state index contributed by atoms with van der Waals surface area (Å²) in [5.74, 6) is -7.80. The van der Waals surface area contributed by atoms with Crippen molar-refractivity contribution in [3.63, 3.8) is 0 Å². The average Bonchev–Trinajstić information content (AvgIpc) is 1.65. The number of aliphatic hydroxyl groups is 6. The molecule has 1 aromatic rings. The SMILES string of the molecule is COC[C@H]1O[C@@H](O[C@H]2OC[C@@H]3O[C@]4(O[C@H]3[C@H]2OC(C)=O)O[C@H](C)[C@@](O)(C(C)=O)[C@@H]2OCO[C@H]24)[C@@H](OC)[C@@H](O)[C@@H]1O[C@@H]1O[C@H](C)[C@H](O)[C@H](O[C@H]2C[C@@]3(C)OC4(C[C@@H](O)[C@H](O[C@H]5C[C@@H](O)[C@H](OC(=O)c6c(C)c(Cl)c(O)c(Cl)c6O)[C@@H](C)O5)[C@@H](C)O4)O[C@@H]3[C@@H](C)O2)[C@H]1O. The van der Waals surface area contributed by atoms with Crippen LogP contribution in [-0.2, 0) is 109 Å². The number of carbonyl (C=O) groups excluding carboxylic acids is 3. The molecular weight excluding hydrogens is 1270 g/mol. The van der Waals surface area contributed by atoms with Crippen LogP contribution in [0.25, 0.3) is 0 Å². The first-order valence-electron chi connectivity index (χ1n) is 30.0. The highest BCUT2D eigenvalue weighted by Gasteiger charge is 2.73. The molecule has 10 aliphatic heterocycles. The Hall–Kier alpha value is -2.99. The van der Waals surface area contributed by atoms with E-state index in [1.165, 1.54) is 48.8 Å². The maximum absolute atomic E-state index is 13.3. The Morgan fingerprint density at radius 1 is 0.626 bits per heavy atom. The van der Waals surface area contributed by atoms with Gasteiger partial charge in [-0.15, -0.1) is 0 Å². The number of hydrogen-bond acceptors (Lipinski definition) is 32. The molecule has 91 heavy (non-hydrogen) atoms. The average molecular weight is 1350 g/mol. The summed E-state index contributed by atoms with van der Waals surface area (Å²) in [6.45, 7) is 12.4. The van der Waals surface area contributed by atoms with E-state index < -0.39 is 229 Å². The zero-order valence-electron chi connectivity index (χ0n) is 51.5. The number of halogens is 2. The van der Waals surface area contributed by atoms with Crippen LogP contribution in [-0.4, -0.2) is 282 Å². The van der Waals surface area contributed by atoms with Gasteiger partial charge in [-0.05, 0) is 61.0 Å². The lowest BCUT2D eigenvalue weighted by Crippen LogP contribution is -2.72. The lowest BCUT2D eigenvalue weighted by Gasteiger charge is -2.49. The molecule has 10 aliphatic rings. The summed E-state index contributed by atoms with van der Waals surface area (Å²) in [5.41, 5.74) is -3.80. The van der Waals surface area contributed by atoms with Gasteiger partial charge in [0.05, 0.1) is 67.4 Å². The van der Waals surface area contributed by atoms with Crippen LogP contribution in [0.1, 0.15) is 90.6 Å². The number of ketones is 1. The quantitative estimate of drug-likeness (QED) is 0.102. The van der Waals surface area contributed by atoms with Crippen molar-refractivity contribution in [1.29, 1.82) is 0 Å². The summed E-state index contributed by atoms with van der Waals surface area (Å²) < 4.78 is 128. The van der Waals surface area contributed by atoms with Gasteiger partial charge in [-0.2, -0.15) is 0 Å². The molecule has 32 nitrogen and oxygen atoms in total. The van der Waals surface area contributed by atoms with E-state index in [0.717, 1.165) is 6.92 Å². The van der Waals surface area contributed by atoms with Gasteiger partial charge in [-0.1, -0.05) is 23.2 Å². The highest BCUT2D eigenvalue weighted by Crippen LogP contribution is 2.53. The van der Waals surface area contributed by atoms with Crippen LogP contribution < -0.4 is 0 Å². The number of aliphatic hydroxyl groups excluding tert-OH is 5. The van der Waals surface area contributed by atoms with Gasteiger partial charge in [0.25, 0.3) is 5.97 Å². The van der Waals surface area contributed by atoms with Gasteiger partial charge in [-0.3, -0.25) is 9.59 Å². The Kier molecular flexibility index (Phi) is 20.2. The standard InChI is InChI=1S/C57H80Cl2O32/c1-18-32(36(65)34(59)37(66)33(18)58)50(69)83-40-20(3)76-30(12-26(40)62)81-41-21(4)86-55(13-27(41)63)90-47-22(5)77-31(14-54(47,9)91-55)82-44-35(64)19(2)78-51(39(44)68)84-42-28(15-71-10)80-53(45(72-11)38(42)67)85-52-46(79-25(8)61)43-29(16-73-52)88-57(89-43)49-48(74-17-75-49)56(70,23(6)60)24(7)87-57/h19-22,24,26-31,35,38-49,51-53,62-68,70H,12-17H2,1-11H3/t19-,20-,21-,22-,24-,26-,27-,28-,29+,30+,31+,35+,38+,39-,40-,41-,42-,43-,44+,45+,46-,47-,48-,49-,51+,52-,53+,54-,55?,56+,57-/m1/s1. The van der Waals surface area contributed by atoms with Gasteiger partial charge in [0.15, 0.2) is 66.4 Å². The Labute approximate surface area is 531 Å². The molecule has 0 aromatic heterocycles. The van der Waals surface area contributed by atoms with Crippen LogP contribution >= 0.6 is 23.2 Å². The first-order valence-corrected chi connectivity index (χ1v) is 30.7. The monoisotopic (exact) mass is 1350 g/mol. The fourth-order valence-corrected chi connectivity index (χ4v) is 14.4. The molecule has 0 radical (unpaired) electrons. The van der Waals surface area contributed by atoms with Crippen LogP contribution in [0, 0.1) is 6.92 Å². The maximum atomic E-state index is 13.3. The first-order chi connectivity index (χ1) is 42.9. The summed E-state index contributed by atoms with van der Waals surface area (Å²) in [4.78, 5) is 38.7. The van der Waals surface area contributed by atoms with Gasteiger partial charge < -0.3 is 140 Å². The third-order valence-electron chi connectivity index (χ3n) is 18.5. The number of fused-ring (bicyclic) bond motifs is 4. The summed E-state index contributed by atoms with van der Waals surface area (Å²) >= 11 is 12.1. The number of benzene rings is 1. The lowest BCUT2D eigenvalue weighted by molar-refractivity contribution is -0.428. The van der Waals surface area contributed by atoms with Crippen molar-refractivity contribution in [2.24, 2.45) is 0 Å². The fourth-order valence-electron chi connectivity index (χ4n) is 14.0. The van der Waals surface area contributed by atoms with E-state index in [-0.39, 0.29) is 49.9 Å². The van der Waals surface area contributed by atoms with Crippen molar-refractivity contribution in [2.75, 3.05) is 34.2 Å². The van der Waals surface area contributed by atoms with E-state index in [1.807, 2.05) is 0 Å². The number of phenolic OH excluding ortho intramolecular Hbond substituents is 2. The summed E-state index contributed by atoms with van der Waals surface area (Å²) in [5, 5.41) is 89.9. The van der Waals surface area contributed by atoms with E-state index in [9.17, 15) is 55.2 Å². The summed E-state index contributed by atoms with van der Waals surface area (Å²) in [6, 6.07) is 0. The third kappa shape index (κ3) is 12.5. The molecule has 8 N–H and O–H groups in total. The summed E-state index contributed by atoms with van der Waals surface area (Å²) in [7, 11) is 2.62. The van der Waals surface area contributed by atoms with Crippen molar-refractivity contribution < 1.29 is 155 Å². The van der Waals surface area contributed by atoms with Crippen molar-refractivity contribution in [1.82, 2.24) is 0 Å². The van der Waals surface area contributed by atoms with Gasteiger partial charge in [0, 0.05) is 34.0 Å². The topological polar surface area (TPSA) is 407 Å². The predicted octanol–water partition coefficient (Wildman–Crippen LogP) is -0.541. The molecule has 10 fully saturated rings. The number of aromatic hydroxyl groups is 2. The Morgan fingerprint density at radius 2 is 1.33 bits per heavy atom. The van der Waals surface area contributed by atoms with Crippen LogP contribution in [0.4, 0.5) is 0 Å². The van der Waals surface area contributed by atoms with Crippen LogP contribution in [0.3, 0.4) is 0 Å². The Bertz CT molecular complexity index is 2770. The van der Waals surface area contributed by atoms with Crippen molar-refractivity contribution in [3.8, 4) is 11.5 Å². The Morgan fingerprint density at radius 3 is 2.00 bits per heavy atom. The minimum Gasteiger partial charge on any atom is -0.505 e. The van der Waals surface area contributed by atoms with Crippen molar-refractivity contribution in [2.45, 2.75) is 270 Å². The molecule has 31 atom stereocenters. The molecule has 1 unspecified atom stereocenters. The normalized spacial score (nSPS) is 48.8. The highest BCUT2D eigenvalue weighted by atomic mass is 35.5. The molecule has 0 saturated carbocycles. The fraction of sp³-hybridized carbons (Fsp3) is 0.842. The molecule has 34 heteroatoms. The van der Waals surface area contributed by atoms with Crippen molar-refractivity contribution in [3.05, 3.63) is 21.2 Å². The van der Waals surface area contributed by atoms with Gasteiger partial charge >= 0.3 is 17.9 Å². The number of hydrogen-bond donors (Lipinski definition) is 8. The first kappa shape index (κ1) is 69.4. The number of Topliss-reactive ketones (excluding diaryl/α,β-unsaturated/α-hetero) is 1. The number of carbonyl (C=O) groups is 3. The molecule has 11 rings (SSSR count). The largest absolute Gasteiger partial charge is 0.505 e. The second-order valence-electron chi connectivity index (χ2n) is 24.8. The second-order valence-corrected chi connectivity index (χ2v) is 25.6. The highest BCUT2D eigenvalue weighted by molar-refractivity contribution is 6.39. The van der Waals surface area contributed by atoms with Gasteiger partial charge in [-0.25, -0.2) is 4.79 Å². The van der Waals surface area contributed by atoms with Crippen molar-refractivity contribution >= 4 is 40.9 Å². The lowest BCUT2D eigenvalue weighted by atomic mass is 9.81. The molecule has 0 amide bonds. The third-order valence-corrected chi connectivity index (χ3v) is 19.4. The van der Waals surface area contributed by atoms with E-state index in [2.05, 4.69) is 0 Å². The van der Waals surface area contributed by atoms with Gasteiger partial charge in [0.1, 0.15) is 96.2 Å². The predicted molar refractivity (Wildman–Crippen MR) is 294 cm³/mol. The molecule has 0 aliphatic carbocycles. The minimum absolute atomic E-state index is 0.0118. The Balaban J connectivity index is 0.708. The molecule has 10 heterocycles. The van der Waals surface area contributed by atoms with E-state index in [1.54, 1.807) is 20.8 Å². The number of ether oxygens (including phenoxy) is 21.